The van der Waals surface area contributed by atoms with Crippen molar-refractivity contribution in [1.29, 1.82) is 0 Å². The molecule has 1 aliphatic carbocycles. The number of nitrogens with one attached hydrogen (secondary N) is 1. The Balaban J connectivity index is 1.34. The molecule has 0 radical (unpaired) electrons. The van der Waals surface area contributed by atoms with Crippen LogP contribution in [0.2, 0.25) is 0 Å². The predicted octanol–water partition coefficient (Wildman–Crippen LogP) is 3.96. The molecule has 1 aromatic heterocycles. The monoisotopic (exact) mass is 512 g/mol. The Morgan fingerprint density at radius 2 is 1.91 bits per heavy atom. The molecule has 2 aliphatic heterocycles. The molecule has 3 heterocycles. The zero-order valence-electron chi connectivity index (χ0n) is 19.8. The number of hydrogen-bond acceptors (Lipinski definition) is 7. The van der Waals surface area contributed by atoms with Crippen LogP contribution in [0.1, 0.15) is 41.6 Å². The highest BCUT2D eigenvalue weighted by Crippen LogP contribution is 2.40. The molecule has 1 N–H and O–H groups in total. The molecule has 2 saturated heterocycles. The van der Waals surface area contributed by atoms with E-state index >= 15 is 0 Å². The topological polar surface area (TPSA) is 91.8 Å². The molecule has 3 aliphatic rings. The highest BCUT2D eigenvalue weighted by atomic mass is 32.2. The molecule has 10 heteroatoms. The highest BCUT2D eigenvalue weighted by molar-refractivity contribution is 8.01. The fraction of sp³-hybridized carbons (Fsp3) is 0.440. The number of piperazine rings is 1. The molecule has 1 saturated carbocycles. The Morgan fingerprint density at radius 3 is 2.54 bits per heavy atom. The first-order chi connectivity index (χ1) is 16.9. The lowest BCUT2D eigenvalue weighted by Crippen LogP contribution is -2.56. The van der Waals surface area contributed by atoms with Crippen LogP contribution in [0.15, 0.2) is 40.1 Å². The summed E-state index contributed by atoms with van der Waals surface area (Å²) < 4.78 is 6.50. The van der Waals surface area contributed by atoms with E-state index in [1.165, 1.54) is 29.2 Å². The Morgan fingerprint density at radius 1 is 1.20 bits per heavy atom. The van der Waals surface area contributed by atoms with E-state index in [1.807, 2.05) is 28.9 Å². The van der Waals surface area contributed by atoms with Crippen LogP contribution in [-0.2, 0) is 9.59 Å². The summed E-state index contributed by atoms with van der Waals surface area (Å²) >= 11 is 2.94. The standard InChI is InChI=1S/C25H28N4O4S2/c1-4-21(30)29-16-7-8-17(29)13-28(12-16)24(32)18-10-20(14(2)9-19(18)33-3)34-22-11-26-25(35-22)27-23(31)15-5-6-15/h4,9-11,15-17H,1,5-8,12-13H2,2-3H3,(H,26,27,31)/t16-,17?/m1/s1. The van der Waals surface area contributed by atoms with Crippen LogP contribution in [0.4, 0.5) is 5.13 Å². The number of fused-ring (bicyclic) bond motifs is 2. The number of aromatic nitrogens is 1. The van der Waals surface area contributed by atoms with Gasteiger partial charge in [0.15, 0.2) is 5.13 Å². The third-order valence-corrected chi connectivity index (χ3v) is 8.97. The van der Waals surface area contributed by atoms with E-state index in [0.29, 0.717) is 29.5 Å². The van der Waals surface area contributed by atoms with Gasteiger partial charge in [0, 0.05) is 23.9 Å². The third-order valence-electron chi connectivity index (χ3n) is 6.80. The van der Waals surface area contributed by atoms with Crippen molar-refractivity contribution in [3.05, 3.63) is 42.1 Å². The van der Waals surface area contributed by atoms with Crippen LogP contribution in [0.3, 0.4) is 0 Å². The quantitative estimate of drug-likeness (QED) is 0.565. The average Bonchev–Trinajstić information content (AvgIpc) is 3.57. The fourth-order valence-corrected chi connectivity index (χ4v) is 6.78. The van der Waals surface area contributed by atoms with Crippen LogP contribution in [0, 0.1) is 12.8 Å². The highest BCUT2D eigenvalue weighted by Gasteiger charge is 2.43. The van der Waals surface area contributed by atoms with Crippen LogP contribution in [0.5, 0.6) is 5.75 Å². The van der Waals surface area contributed by atoms with Gasteiger partial charge in [-0.3, -0.25) is 14.4 Å². The minimum absolute atomic E-state index is 0.0231. The molecule has 35 heavy (non-hydrogen) atoms. The van der Waals surface area contributed by atoms with Crippen LogP contribution in [-0.4, -0.2) is 64.8 Å². The first kappa shape index (κ1) is 23.9. The summed E-state index contributed by atoms with van der Waals surface area (Å²) in [7, 11) is 1.57. The summed E-state index contributed by atoms with van der Waals surface area (Å²) in [6.45, 7) is 6.62. The van der Waals surface area contributed by atoms with Crippen molar-refractivity contribution in [2.45, 2.75) is 53.8 Å². The largest absolute Gasteiger partial charge is 0.496 e. The van der Waals surface area contributed by atoms with E-state index in [9.17, 15) is 14.4 Å². The molecular weight excluding hydrogens is 484 g/mol. The maximum atomic E-state index is 13.6. The Labute approximate surface area is 212 Å². The molecule has 3 fully saturated rings. The number of methoxy groups -OCH3 is 1. The maximum Gasteiger partial charge on any atom is 0.257 e. The van der Waals surface area contributed by atoms with Crippen molar-refractivity contribution in [3.63, 3.8) is 0 Å². The summed E-state index contributed by atoms with van der Waals surface area (Å²) in [5.41, 5.74) is 1.50. The summed E-state index contributed by atoms with van der Waals surface area (Å²) in [6, 6.07) is 3.82. The minimum atomic E-state index is -0.0898. The number of carbonyl (C=O) groups excluding carboxylic acids is 3. The van der Waals surface area contributed by atoms with E-state index < -0.39 is 0 Å². The number of amides is 3. The number of thiazole rings is 1. The van der Waals surface area contributed by atoms with E-state index in [1.54, 1.807) is 13.3 Å². The minimum Gasteiger partial charge on any atom is -0.496 e. The van der Waals surface area contributed by atoms with Gasteiger partial charge in [-0.25, -0.2) is 4.98 Å². The van der Waals surface area contributed by atoms with Crippen LogP contribution >= 0.6 is 23.1 Å². The molecule has 184 valence electrons. The van der Waals surface area contributed by atoms with Crippen molar-refractivity contribution in [3.8, 4) is 5.75 Å². The van der Waals surface area contributed by atoms with Gasteiger partial charge in [-0.05, 0) is 56.4 Å². The summed E-state index contributed by atoms with van der Waals surface area (Å²) in [4.78, 5) is 46.9. The van der Waals surface area contributed by atoms with Crippen molar-refractivity contribution in [1.82, 2.24) is 14.8 Å². The van der Waals surface area contributed by atoms with Gasteiger partial charge in [0.25, 0.3) is 5.91 Å². The van der Waals surface area contributed by atoms with Gasteiger partial charge in [-0.1, -0.05) is 29.7 Å². The van der Waals surface area contributed by atoms with Crippen molar-refractivity contribution in [2.75, 3.05) is 25.5 Å². The van der Waals surface area contributed by atoms with E-state index in [4.69, 9.17) is 4.74 Å². The molecule has 2 bridgehead atoms. The van der Waals surface area contributed by atoms with E-state index in [2.05, 4.69) is 16.9 Å². The van der Waals surface area contributed by atoms with E-state index in [-0.39, 0.29) is 35.7 Å². The zero-order chi connectivity index (χ0) is 24.7. The molecule has 1 unspecified atom stereocenters. The third kappa shape index (κ3) is 4.81. The number of likely N-dealkylation sites (tertiary alicyclic amines) is 1. The number of rotatable bonds is 7. The van der Waals surface area contributed by atoms with Crippen LogP contribution in [0.25, 0.3) is 0 Å². The second-order valence-electron chi connectivity index (χ2n) is 9.21. The lowest BCUT2D eigenvalue weighted by atomic mass is 10.1. The lowest BCUT2D eigenvalue weighted by Gasteiger charge is -2.40. The van der Waals surface area contributed by atoms with Gasteiger partial charge < -0.3 is 19.9 Å². The smallest absolute Gasteiger partial charge is 0.257 e. The van der Waals surface area contributed by atoms with E-state index in [0.717, 1.165) is 40.4 Å². The maximum absolute atomic E-state index is 13.6. The first-order valence-corrected chi connectivity index (χ1v) is 13.4. The summed E-state index contributed by atoms with van der Waals surface area (Å²) in [5, 5.41) is 3.48. The second kappa shape index (κ2) is 9.66. The molecule has 1 aromatic carbocycles. The number of hydrogen-bond donors (Lipinski definition) is 1. The van der Waals surface area contributed by atoms with Gasteiger partial charge >= 0.3 is 0 Å². The Bertz CT molecular complexity index is 1180. The molecule has 2 aromatic rings. The van der Waals surface area contributed by atoms with Crippen molar-refractivity contribution < 1.29 is 19.1 Å². The van der Waals surface area contributed by atoms with Crippen molar-refractivity contribution in [2.24, 2.45) is 5.92 Å². The van der Waals surface area contributed by atoms with Crippen LogP contribution < -0.4 is 10.1 Å². The average molecular weight is 513 g/mol. The molecular formula is C25H28N4O4S2. The van der Waals surface area contributed by atoms with Gasteiger partial charge in [-0.2, -0.15) is 0 Å². The number of aryl methyl sites for hydroxylation is 1. The number of carbonyl (C=O) groups is 3. The van der Waals surface area contributed by atoms with Gasteiger partial charge in [0.1, 0.15) is 5.75 Å². The number of ether oxygens (including phenoxy) is 1. The number of nitrogens with zero attached hydrogens (tertiary/aromatic N) is 3. The van der Waals surface area contributed by atoms with Gasteiger partial charge in [0.2, 0.25) is 11.8 Å². The zero-order valence-corrected chi connectivity index (χ0v) is 21.4. The summed E-state index contributed by atoms with van der Waals surface area (Å²) in [5.74, 6) is 0.546. The normalized spacial score (nSPS) is 21.1. The SMILES string of the molecule is C=CC(=O)N1C2CC[C@@H]1CN(C(=O)c1cc(Sc3cnc(NC(=O)C4CC4)s3)c(C)cc1OC)C2. The first-order valence-electron chi connectivity index (χ1n) is 11.7. The summed E-state index contributed by atoms with van der Waals surface area (Å²) in [6.07, 6.45) is 6.79. The molecule has 8 nitrogen and oxygen atoms in total. The molecule has 5 rings (SSSR count). The van der Waals surface area contributed by atoms with Crippen molar-refractivity contribution >= 4 is 46.0 Å². The number of anilines is 1. The molecule has 2 atom stereocenters. The van der Waals surface area contributed by atoms with Gasteiger partial charge in [-0.15, -0.1) is 0 Å². The Kier molecular flexibility index (Phi) is 6.59. The lowest BCUT2D eigenvalue weighted by molar-refractivity contribution is -0.131. The second-order valence-corrected chi connectivity index (χ2v) is 11.6. The van der Waals surface area contributed by atoms with Gasteiger partial charge in [0.05, 0.1) is 35.2 Å². The number of benzene rings is 1. The molecule has 0 spiro atoms. The fourth-order valence-electron chi connectivity index (χ4n) is 4.84. The molecule has 3 amide bonds. The predicted molar refractivity (Wildman–Crippen MR) is 135 cm³/mol. The Hall–Kier alpha value is -2.85.